The Bertz CT molecular complexity index is 813. The maximum atomic E-state index is 5.72. The molecule has 1 aromatic carbocycles. The van der Waals surface area contributed by atoms with Gasteiger partial charge in [-0.25, -0.2) is 0 Å². The van der Waals surface area contributed by atoms with Gasteiger partial charge < -0.3 is 4.42 Å². The van der Waals surface area contributed by atoms with Crippen LogP contribution in [0.4, 0.5) is 0 Å². The van der Waals surface area contributed by atoms with Crippen molar-refractivity contribution in [3.8, 4) is 0 Å². The number of rotatable bonds is 6. The predicted molar refractivity (Wildman–Crippen MR) is 103 cm³/mol. The second kappa shape index (κ2) is 7.92. The number of aromatic nitrogens is 2. The van der Waals surface area contributed by atoms with Gasteiger partial charge in [0.05, 0.1) is 12.7 Å². The van der Waals surface area contributed by atoms with Crippen LogP contribution < -0.4 is 0 Å². The Morgan fingerprint density at radius 3 is 2.62 bits per heavy atom. The van der Waals surface area contributed by atoms with Gasteiger partial charge in [-0.1, -0.05) is 30.3 Å². The van der Waals surface area contributed by atoms with Gasteiger partial charge in [-0.15, -0.1) is 0 Å². The molecule has 2 aromatic heterocycles. The van der Waals surface area contributed by atoms with Crippen LogP contribution in [0, 0.1) is 6.92 Å². The summed E-state index contributed by atoms with van der Waals surface area (Å²) in [5, 5.41) is 7.64. The van der Waals surface area contributed by atoms with Gasteiger partial charge >= 0.3 is 0 Å². The third-order valence-electron chi connectivity index (χ3n) is 5.45. The van der Waals surface area contributed by atoms with Crippen LogP contribution in [0.1, 0.15) is 47.1 Å². The summed E-state index contributed by atoms with van der Waals surface area (Å²) in [6, 6.07) is 14.8. The molecule has 0 bridgehead atoms. The van der Waals surface area contributed by atoms with Crippen molar-refractivity contribution in [2.75, 3.05) is 13.1 Å². The molecule has 0 atom stereocenters. The molecule has 0 saturated carbocycles. The summed E-state index contributed by atoms with van der Waals surface area (Å²) in [6.07, 6.45) is 6.52. The number of piperidine rings is 1. The largest absolute Gasteiger partial charge is 0.465 e. The zero-order valence-electron chi connectivity index (χ0n) is 15.4. The van der Waals surface area contributed by atoms with Gasteiger partial charge in [0.2, 0.25) is 0 Å². The molecular weight excluding hydrogens is 322 g/mol. The van der Waals surface area contributed by atoms with E-state index >= 15 is 0 Å². The van der Waals surface area contributed by atoms with Crippen molar-refractivity contribution >= 4 is 0 Å². The average molecular weight is 349 g/mol. The molecule has 0 radical (unpaired) electrons. The summed E-state index contributed by atoms with van der Waals surface area (Å²) < 4.78 is 5.72. The maximum absolute atomic E-state index is 5.72. The van der Waals surface area contributed by atoms with Gasteiger partial charge in [0.15, 0.2) is 0 Å². The number of nitrogens with one attached hydrogen (secondary N) is 1. The molecular formula is C22H27N3O. The van der Waals surface area contributed by atoms with Gasteiger partial charge in [0.25, 0.3) is 0 Å². The Morgan fingerprint density at radius 2 is 1.88 bits per heavy atom. The molecule has 0 spiro atoms. The highest BCUT2D eigenvalue weighted by Gasteiger charge is 2.24. The number of furan rings is 1. The number of aromatic amines is 1. The highest BCUT2D eigenvalue weighted by molar-refractivity contribution is 5.24. The van der Waals surface area contributed by atoms with Gasteiger partial charge in [-0.2, -0.15) is 5.10 Å². The number of H-pyrrole nitrogens is 1. The normalized spacial score (nSPS) is 16.2. The molecule has 1 saturated heterocycles. The lowest BCUT2D eigenvalue weighted by Gasteiger charge is -2.31. The summed E-state index contributed by atoms with van der Waals surface area (Å²) >= 11 is 0. The van der Waals surface area contributed by atoms with E-state index in [1.165, 1.54) is 29.7 Å². The number of likely N-dealkylation sites (tertiary alicyclic amines) is 1. The monoisotopic (exact) mass is 349 g/mol. The predicted octanol–water partition coefficient (Wildman–Crippen LogP) is 4.48. The first-order valence-electron chi connectivity index (χ1n) is 9.61. The molecule has 0 aliphatic carbocycles. The van der Waals surface area contributed by atoms with Crippen LogP contribution in [0.15, 0.2) is 53.1 Å². The van der Waals surface area contributed by atoms with E-state index in [1.54, 1.807) is 0 Å². The number of hydrogen-bond donors (Lipinski definition) is 1. The average Bonchev–Trinajstić information content (AvgIpc) is 3.30. The summed E-state index contributed by atoms with van der Waals surface area (Å²) in [5.74, 6) is 2.67. The molecule has 4 nitrogen and oxygen atoms in total. The van der Waals surface area contributed by atoms with E-state index in [0.717, 1.165) is 44.0 Å². The smallest absolute Gasteiger partial charge is 0.118 e. The van der Waals surface area contributed by atoms with E-state index in [4.69, 9.17) is 4.42 Å². The first kappa shape index (κ1) is 17.1. The van der Waals surface area contributed by atoms with E-state index in [0.29, 0.717) is 5.92 Å². The Balaban J connectivity index is 1.32. The zero-order chi connectivity index (χ0) is 17.8. The minimum Gasteiger partial charge on any atom is -0.465 e. The van der Waals surface area contributed by atoms with Crippen LogP contribution in [0.5, 0.6) is 0 Å². The van der Waals surface area contributed by atoms with Crippen molar-refractivity contribution in [2.24, 2.45) is 0 Å². The number of aryl methyl sites for hydroxylation is 3. The Kier molecular flexibility index (Phi) is 5.21. The molecule has 3 heterocycles. The highest BCUT2D eigenvalue weighted by Crippen LogP contribution is 2.30. The van der Waals surface area contributed by atoms with Crippen LogP contribution in [-0.2, 0) is 19.4 Å². The minimum absolute atomic E-state index is 0.595. The van der Waals surface area contributed by atoms with E-state index < -0.39 is 0 Å². The van der Waals surface area contributed by atoms with E-state index in [1.807, 2.05) is 19.2 Å². The Hall–Kier alpha value is -2.33. The first-order valence-corrected chi connectivity index (χ1v) is 9.61. The highest BCUT2D eigenvalue weighted by atomic mass is 16.3. The molecule has 4 rings (SSSR count). The summed E-state index contributed by atoms with van der Waals surface area (Å²) in [7, 11) is 0. The molecule has 0 unspecified atom stereocenters. The molecule has 26 heavy (non-hydrogen) atoms. The molecule has 136 valence electrons. The second-order valence-electron chi connectivity index (χ2n) is 7.36. The van der Waals surface area contributed by atoms with Crippen molar-refractivity contribution in [3.63, 3.8) is 0 Å². The van der Waals surface area contributed by atoms with Crippen LogP contribution in [0.25, 0.3) is 0 Å². The van der Waals surface area contributed by atoms with Gasteiger partial charge in [-0.3, -0.25) is 10.00 Å². The molecule has 1 aliphatic heterocycles. The van der Waals surface area contributed by atoms with Crippen molar-refractivity contribution in [1.82, 2.24) is 15.1 Å². The minimum atomic E-state index is 0.595. The molecule has 1 aliphatic rings. The third-order valence-corrected chi connectivity index (χ3v) is 5.45. The van der Waals surface area contributed by atoms with Gasteiger partial charge in [0.1, 0.15) is 11.5 Å². The summed E-state index contributed by atoms with van der Waals surface area (Å²) in [6.45, 7) is 5.15. The quantitative estimate of drug-likeness (QED) is 0.714. The fourth-order valence-corrected chi connectivity index (χ4v) is 3.97. The lowest BCUT2D eigenvalue weighted by molar-refractivity contribution is 0.188. The van der Waals surface area contributed by atoms with Crippen molar-refractivity contribution < 1.29 is 4.42 Å². The van der Waals surface area contributed by atoms with Crippen molar-refractivity contribution in [3.05, 3.63) is 77.0 Å². The third kappa shape index (κ3) is 4.07. The Morgan fingerprint density at radius 1 is 1.08 bits per heavy atom. The van der Waals surface area contributed by atoms with Crippen molar-refractivity contribution in [1.29, 1.82) is 0 Å². The van der Waals surface area contributed by atoms with Crippen LogP contribution in [0.3, 0.4) is 0 Å². The molecule has 1 N–H and O–H groups in total. The molecule has 0 amide bonds. The first-order chi connectivity index (χ1) is 12.8. The maximum Gasteiger partial charge on any atom is 0.118 e. The zero-order valence-corrected chi connectivity index (χ0v) is 15.4. The van der Waals surface area contributed by atoms with Crippen LogP contribution in [0.2, 0.25) is 0 Å². The topological polar surface area (TPSA) is 45.1 Å². The fourth-order valence-electron chi connectivity index (χ4n) is 3.97. The molecule has 4 heteroatoms. The summed E-state index contributed by atoms with van der Waals surface area (Å²) in [4.78, 5) is 2.49. The van der Waals surface area contributed by atoms with E-state index in [9.17, 15) is 0 Å². The lowest BCUT2D eigenvalue weighted by atomic mass is 9.90. The SMILES string of the molecule is Cc1ccc(CN2CCC(c3[nH]ncc3CCc3ccccc3)CC2)o1. The van der Waals surface area contributed by atoms with E-state index in [-0.39, 0.29) is 0 Å². The van der Waals surface area contributed by atoms with Gasteiger partial charge in [-0.05, 0) is 69.0 Å². The summed E-state index contributed by atoms with van der Waals surface area (Å²) in [5.41, 5.74) is 4.13. The van der Waals surface area contributed by atoms with Gasteiger partial charge in [0, 0.05) is 11.6 Å². The Labute approximate surface area is 155 Å². The standard InChI is InChI=1S/C22H27N3O/c1-17-7-10-21(26-17)16-25-13-11-19(12-14-25)22-20(15-23-24-22)9-8-18-5-3-2-4-6-18/h2-7,10,15,19H,8-9,11-14,16H2,1H3,(H,23,24). The number of benzene rings is 1. The van der Waals surface area contributed by atoms with E-state index in [2.05, 4.69) is 51.5 Å². The van der Waals surface area contributed by atoms with Crippen LogP contribution >= 0.6 is 0 Å². The number of nitrogens with zero attached hydrogens (tertiary/aromatic N) is 2. The van der Waals surface area contributed by atoms with Crippen molar-refractivity contribution in [2.45, 2.75) is 45.1 Å². The number of hydrogen-bond acceptors (Lipinski definition) is 3. The second-order valence-corrected chi connectivity index (χ2v) is 7.36. The fraction of sp³-hybridized carbons (Fsp3) is 0.409. The molecule has 1 fully saturated rings. The molecule has 3 aromatic rings. The van der Waals surface area contributed by atoms with Crippen LogP contribution in [-0.4, -0.2) is 28.2 Å². The lowest BCUT2D eigenvalue weighted by Crippen LogP contribution is -2.32.